The molecule has 0 aliphatic carbocycles. The summed E-state index contributed by atoms with van der Waals surface area (Å²) >= 11 is 1.69. The van der Waals surface area contributed by atoms with Crippen molar-refractivity contribution in [2.24, 2.45) is 5.73 Å². The van der Waals surface area contributed by atoms with Crippen LogP contribution in [0.15, 0.2) is 36.2 Å². The van der Waals surface area contributed by atoms with Crippen LogP contribution in [0, 0.1) is 11.3 Å². The molecule has 1 aliphatic rings. The number of nitrogens with zero attached hydrogens (tertiary/aromatic N) is 3. The van der Waals surface area contributed by atoms with Crippen LogP contribution in [0.4, 0.5) is 4.79 Å². The van der Waals surface area contributed by atoms with E-state index in [4.69, 9.17) is 5.73 Å². The fourth-order valence-electron chi connectivity index (χ4n) is 2.99. The number of amides is 2. The molecule has 7 nitrogen and oxygen atoms in total. The van der Waals surface area contributed by atoms with Crippen LogP contribution >= 0.6 is 22.6 Å². The van der Waals surface area contributed by atoms with Gasteiger partial charge in [0.1, 0.15) is 5.82 Å². The lowest BCUT2D eigenvalue weighted by atomic mass is 10.1. The number of nitrogens with two attached hydrogens (primary N) is 1. The Morgan fingerprint density at radius 2 is 2.23 bits per heavy atom. The van der Waals surface area contributed by atoms with Gasteiger partial charge in [0, 0.05) is 54.8 Å². The monoisotopic (exact) mass is 467 g/mol. The highest BCUT2D eigenvalue weighted by atomic mass is 127. The van der Waals surface area contributed by atoms with Crippen LogP contribution < -0.4 is 11.1 Å². The van der Waals surface area contributed by atoms with Crippen molar-refractivity contribution in [1.29, 1.82) is 5.26 Å². The lowest BCUT2D eigenvalue weighted by Crippen LogP contribution is -2.49. The van der Waals surface area contributed by atoms with Crippen molar-refractivity contribution in [3.05, 3.63) is 47.3 Å². The summed E-state index contributed by atoms with van der Waals surface area (Å²) in [5.41, 5.74) is 7.29. The van der Waals surface area contributed by atoms with Crippen molar-refractivity contribution in [3.63, 3.8) is 0 Å². The van der Waals surface area contributed by atoms with Gasteiger partial charge >= 0.3 is 6.03 Å². The van der Waals surface area contributed by atoms with E-state index in [0.717, 1.165) is 19.4 Å². The molecule has 0 radical (unpaired) electrons. The van der Waals surface area contributed by atoms with Gasteiger partial charge in [-0.15, -0.1) is 0 Å². The lowest BCUT2D eigenvalue weighted by Gasteiger charge is -2.38. The fraction of sp³-hybridized carbons (Fsp3) is 0.389. The number of hydrogen-bond donors (Lipinski definition) is 2. The molecule has 3 N–H and O–H groups in total. The molecule has 2 amide bonds. The molecule has 0 aromatic heterocycles. The van der Waals surface area contributed by atoms with Crippen LogP contribution in [-0.4, -0.2) is 45.8 Å². The number of piperidine rings is 1. The van der Waals surface area contributed by atoms with E-state index in [2.05, 4.69) is 11.4 Å². The van der Waals surface area contributed by atoms with E-state index >= 15 is 0 Å². The second-order valence-electron chi connectivity index (χ2n) is 6.07. The number of hydrogen-bond acceptors (Lipinski definition) is 5. The predicted molar refractivity (Wildman–Crippen MR) is 107 cm³/mol. The van der Waals surface area contributed by atoms with Crippen LogP contribution in [0.2, 0.25) is 0 Å². The Morgan fingerprint density at radius 1 is 1.50 bits per heavy atom. The van der Waals surface area contributed by atoms with E-state index in [-0.39, 0.29) is 22.4 Å². The summed E-state index contributed by atoms with van der Waals surface area (Å²) in [6.45, 7) is 1.48. The first-order valence-electron chi connectivity index (χ1n) is 8.35. The molecule has 0 saturated carbocycles. The van der Waals surface area contributed by atoms with Gasteiger partial charge in [-0.05, 0) is 24.5 Å². The number of urea groups is 1. The van der Waals surface area contributed by atoms with Gasteiger partial charge in [-0.1, -0.05) is 18.2 Å². The van der Waals surface area contributed by atoms with Crippen LogP contribution in [0.25, 0.3) is 0 Å². The molecule has 1 fully saturated rings. The van der Waals surface area contributed by atoms with Crippen LogP contribution in [0.3, 0.4) is 0 Å². The maximum Gasteiger partial charge on any atom is 0.323 e. The van der Waals surface area contributed by atoms with Gasteiger partial charge in [-0.25, -0.2) is 4.79 Å². The minimum Gasteiger partial charge on any atom is -0.356 e. The summed E-state index contributed by atoms with van der Waals surface area (Å²) in [7, 11) is 1.54. The van der Waals surface area contributed by atoms with Crippen LogP contribution in [0.1, 0.15) is 24.0 Å². The average Bonchev–Trinajstić information content (AvgIpc) is 2.64. The molecular weight excluding hydrogens is 445 g/mol. The summed E-state index contributed by atoms with van der Waals surface area (Å²) in [6, 6.07) is 8.91. The highest BCUT2D eigenvalue weighted by Crippen LogP contribution is 2.22. The number of allylic oxidation sites excluding steroid dienone is 1. The molecule has 1 aromatic carbocycles. The number of benzene rings is 1. The molecular formula is C18H22IN5O2. The third-order valence-electron chi connectivity index (χ3n) is 4.23. The topological polar surface area (TPSA) is 102 Å². The average molecular weight is 467 g/mol. The first-order chi connectivity index (χ1) is 12.5. The Labute approximate surface area is 167 Å². The Balaban J connectivity index is 2.42. The van der Waals surface area contributed by atoms with E-state index < -0.39 is 0 Å². The zero-order chi connectivity index (χ0) is 19.1. The van der Waals surface area contributed by atoms with Gasteiger partial charge in [-0.3, -0.25) is 9.69 Å². The molecule has 0 spiro atoms. The molecule has 1 heterocycles. The highest BCUT2D eigenvalue weighted by molar-refractivity contribution is 14.1. The molecule has 0 bridgehead atoms. The minimum atomic E-state index is -0.346. The molecule has 2 rings (SSSR count). The number of nitrogens with one attached hydrogen (secondary N) is 1. The minimum absolute atomic E-state index is 0.00519. The van der Waals surface area contributed by atoms with Gasteiger partial charge in [-0.2, -0.15) is 5.26 Å². The maximum absolute atomic E-state index is 12.6. The normalized spacial score (nSPS) is 17.4. The summed E-state index contributed by atoms with van der Waals surface area (Å²) in [6.07, 6.45) is 3.26. The predicted octanol–water partition coefficient (Wildman–Crippen LogP) is 1.93. The number of likely N-dealkylation sites (tertiary alicyclic amines) is 1. The number of carbonyl (C=O) groups is 2. The van der Waals surface area contributed by atoms with E-state index in [1.54, 1.807) is 40.8 Å². The van der Waals surface area contributed by atoms with Crippen LogP contribution in [-0.2, 0) is 11.3 Å². The fourth-order valence-corrected chi connectivity index (χ4v) is 3.27. The Bertz CT molecular complexity index is 743. The standard InChI is InChI=1S/C18H22IN5O2/c1-22-18(26)24(11-14-6-3-2-5-13(14)10-20)17(9-16(19)25)23-8-4-7-15(21)12-23/h2-3,5-6,9,15H,4,7-8,11-12,21H2,1H3,(H,22,26)/b17-9-/t15-/m1/s1. The molecule has 0 unspecified atom stereocenters. The SMILES string of the molecule is CNC(=O)N(Cc1ccccc1C#N)/C(=C\C(=O)I)N1CCC[C@@H](N)C1. The van der Waals surface area contributed by atoms with Gasteiger partial charge < -0.3 is 16.0 Å². The third kappa shape index (κ3) is 5.19. The van der Waals surface area contributed by atoms with Gasteiger partial charge in [0.25, 0.3) is 0 Å². The molecule has 8 heteroatoms. The van der Waals surface area contributed by atoms with Crippen molar-refractivity contribution in [3.8, 4) is 6.07 Å². The van der Waals surface area contributed by atoms with Gasteiger partial charge in [0.2, 0.25) is 3.79 Å². The lowest BCUT2D eigenvalue weighted by molar-refractivity contribution is -0.105. The van der Waals surface area contributed by atoms with Crippen molar-refractivity contribution < 1.29 is 9.59 Å². The number of carbonyl (C=O) groups excluding carboxylic acids is 2. The Kier molecular flexibility index (Phi) is 7.41. The quantitative estimate of drug-likeness (QED) is 0.392. The summed E-state index contributed by atoms with van der Waals surface area (Å²) in [5, 5.41) is 11.9. The van der Waals surface area contributed by atoms with E-state index in [0.29, 0.717) is 23.5 Å². The largest absolute Gasteiger partial charge is 0.356 e. The molecule has 1 atom stereocenters. The summed E-state index contributed by atoms with van der Waals surface area (Å²) in [5.74, 6) is 0.506. The number of halogens is 1. The van der Waals surface area contributed by atoms with E-state index in [1.807, 2.05) is 11.0 Å². The second-order valence-corrected chi connectivity index (χ2v) is 7.13. The first-order valence-corrected chi connectivity index (χ1v) is 9.43. The van der Waals surface area contributed by atoms with E-state index in [9.17, 15) is 14.9 Å². The van der Waals surface area contributed by atoms with Crippen molar-refractivity contribution >= 4 is 32.4 Å². The van der Waals surface area contributed by atoms with E-state index in [1.165, 1.54) is 18.0 Å². The van der Waals surface area contributed by atoms with Gasteiger partial charge in [0.15, 0.2) is 0 Å². The second kappa shape index (κ2) is 9.54. The third-order valence-corrected chi connectivity index (χ3v) is 4.54. The molecule has 138 valence electrons. The number of nitriles is 1. The molecule has 26 heavy (non-hydrogen) atoms. The maximum atomic E-state index is 12.6. The van der Waals surface area contributed by atoms with Crippen molar-refractivity contribution in [2.75, 3.05) is 20.1 Å². The van der Waals surface area contributed by atoms with Gasteiger partial charge in [0.05, 0.1) is 18.2 Å². The zero-order valence-electron chi connectivity index (χ0n) is 14.6. The number of rotatable bonds is 5. The Morgan fingerprint density at radius 3 is 2.85 bits per heavy atom. The van der Waals surface area contributed by atoms with Crippen molar-refractivity contribution in [2.45, 2.75) is 25.4 Å². The molecule has 1 aliphatic heterocycles. The zero-order valence-corrected chi connectivity index (χ0v) is 16.8. The molecule has 1 saturated heterocycles. The first kappa shape index (κ1) is 20.2. The smallest absolute Gasteiger partial charge is 0.323 e. The van der Waals surface area contributed by atoms with Crippen LogP contribution in [0.5, 0.6) is 0 Å². The van der Waals surface area contributed by atoms with Crippen molar-refractivity contribution in [1.82, 2.24) is 15.1 Å². The Hall–Kier alpha value is -2.12. The highest BCUT2D eigenvalue weighted by Gasteiger charge is 2.27. The molecule has 1 aromatic rings. The summed E-state index contributed by atoms with van der Waals surface area (Å²) in [4.78, 5) is 27.9. The summed E-state index contributed by atoms with van der Waals surface area (Å²) < 4.78 is -0.181.